The first-order valence-electron chi connectivity index (χ1n) is 4.54. The SMILES string of the molecule is C#CC(C)(C)NC1CCC(N)C1. The highest BCUT2D eigenvalue weighted by atomic mass is 15.0. The predicted octanol–water partition coefficient (Wildman–Crippen LogP) is 0.868. The van der Waals surface area contributed by atoms with Gasteiger partial charge >= 0.3 is 0 Å². The molecule has 68 valence electrons. The van der Waals surface area contributed by atoms with E-state index in [1.54, 1.807) is 0 Å². The van der Waals surface area contributed by atoms with Gasteiger partial charge in [-0.2, -0.15) is 0 Å². The minimum absolute atomic E-state index is 0.186. The van der Waals surface area contributed by atoms with Crippen LogP contribution >= 0.6 is 0 Å². The predicted molar refractivity (Wildman–Crippen MR) is 51.7 cm³/mol. The standard InChI is InChI=1S/C10H18N2/c1-4-10(2,3)12-9-6-5-8(11)7-9/h1,8-9,12H,5-7,11H2,2-3H3. The summed E-state index contributed by atoms with van der Waals surface area (Å²) >= 11 is 0. The van der Waals surface area contributed by atoms with E-state index in [1.807, 2.05) is 13.8 Å². The van der Waals surface area contributed by atoms with Crippen LogP contribution in [0.3, 0.4) is 0 Å². The molecule has 1 aliphatic carbocycles. The van der Waals surface area contributed by atoms with Gasteiger partial charge < -0.3 is 5.73 Å². The Morgan fingerprint density at radius 3 is 2.58 bits per heavy atom. The lowest BCUT2D eigenvalue weighted by atomic mass is 10.0. The molecule has 1 saturated carbocycles. The van der Waals surface area contributed by atoms with E-state index in [1.165, 1.54) is 0 Å². The second-order valence-electron chi connectivity index (χ2n) is 4.18. The molecule has 3 N–H and O–H groups in total. The highest BCUT2D eigenvalue weighted by Gasteiger charge is 2.26. The lowest BCUT2D eigenvalue weighted by Crippen LogP contribution is -2.44. The van der Waals surface area contributed by atoms with E-state index >= 15 is 0 Å². The van der Waals surface area contributed by atoms with Crippen molar-refractivity contribution in [3.05, 3.63) is 0 Å². The smallest absolute Gasteiger partial charge is 0.0743 e. The molecule has 2 heteroatoms. The van der Waals surface area contributed by atoms with Gasteiger partial charge in [0, 0.05) is 12.1 Å². The molecular weight excluding hydrogens is 148 g/mol. The van der Waals surface area contributed by atoms with Crippen LogP contribution in [0.15, 0.2) is 0 Å². The molecule has 0 radical (unpaired) electrons. The third-order valence-corrected chi connectivity index (χ3v) is 2.40. The Kier molecular flexibility index (Phi) is 2.76. The van der Waals surface area contributed by atoms with E-state index in [2.05, 4.69) is 11.2 Å². The molecule has 2 nitrogen and oxygen atoms in total. The van der Waals surface area contributed by atoms with Crippen LogP contribution < -0.4 is 11.1 Å². The van der Waals surface area contributed by atoms with Crippen molar-refractivity contribution >= 4 is 0 Å². The zero-order valence-corrected chi connectivity index (χ0v) is 7.93. The van der Waals surface area contributed by atoms with Gasteiger partial charge in [0.1, 0.15) is 0 Å². The number of rotatable bonds is 2. The monoisotopic (exact) mass is 166 g/mol. The zero-order chi connectivity index (χ0) is 9.19. The summed E-state index contributed by atoms with van der Waals surface area (Å²) in [5.74, 6) is 2.73. The zero-order valence-electron chi connectivity index (χ0n) is 7.93. The van der Waals surface area contributed by atoms with Gasteiger partial charge in [0.05, 0.1) is 5.54 Å². The summed E-state index contributed by atoms with van der Waals surface area (Å²) in [5, 5.41) is 3.42. The van der Waals surface area contributed by atoms with E-state index in [9.17, 15) is 0 Å². The van der Waals surface area contributed by atoms with Crippen molar-refractivity contribution in [3.8, 4) is 12.3 Å². The van der Waals surface area contributed by atoms with Gasteiger partial charge in [-0.1, -0.05) is 5.92 Å². The van der Waals surface area contributed by atoms with Crippen LogP contribution in [-0.2, 0) is 0 Å². The highest BCUT2D eigenvalue weighted by Crippen LogP contribution is 2.19. The van der Waals surface area contributed by atoms with Gasteiger partial charge in [0.2, 0.25) is 0 Å². The van der Waals surface area contributed by atoms with Crippen LogP contribution in [-0.4, -0.2) is 17.6 Å². The summed E-state index contributed by atoms with van der Waals surface area (Å²) in [6.45, 7) is 4.05. The number of nitrogens with one attached hydrogen (secondary N) is 1. The minimum atomic E-state index is -0.186. The van der Waals surface area contributed by atoms with Crippen LogP contribution in [0.25, 0.3) is 0 Å². The third kappa shape index (κ3) is 2.51. The molecule has 0 amide bonds. The van der Waals surface area contributed by atoms with Crippen molar-refractivity contribution in [1.82, 2.24) is 5.32 Å². The molecule has 0 heterocycles. The van der Waals surface area contributed by atoms with Crippen molar-refractivity contribution in [2.75, 3.05) is 0 Å². The van der Waals surface area contributed by atoms with E-state index in [4.69, 9.17) is 12.2 Å². The first kappa shape index (κ1) is 9.57. The van der Waals surface area contributed by atoms with Crippen LogP contribution in [0.1, 0.15) is 33.1 Å². The van der Waals surface area contributed by atoms with Gasteiger partial charge in [-0.05, 0) is 33.1 Å². The molecule has 2 unspecified atom stereocenters. The maximum Gasteiger partial charge on any atom is 0.0743 e. The van der Waals surface area contributed by atoms with E-state index in [0.29, 0.717) is 12.1 Å². The number of hydrogen-bond donors (Lipinski definition) is 2. The Hall–Kier alpha value is -0.520. The van der Waals surface area contributed by atoms with Crippen molar-refractivity contribution in [2.24, 2.45) is 5.73 Å². The fourth-order valence-corrected chi connectivity index (χ4v) is 1.70. The number of terminal acetylenes is 1. The maximum absolute atomic E-state index is 5.79. The van der Waals surface area contributed by atoms with Crippen molar-refractivity contribution < 1.29 is 0 Å². The lowest BCUT2D eigenvalue weighted by Gasteiger charge is -2.24. The molecule has 1 rings (SSSR count). The van der Waals surface area contributed by atoms with Gasteiger partial charge in [0.15, 0.2) is 0 Å². The third-order valence-electron chi connectivity index (χ3n) is 2.40. The van der Waals surface area contributed by atoms with Gasteiger partial charge in [-0.15, -0.1) is 6.42 Å². The summed E-state index contributed by atoms with van der Waals surface area (Å²) in [5.41, 5.74) is 5.61. The van der Waals surface area contributed by atoms with Crippen molar-refractivity contribution in [3.63, 3.8) is 0 Å². The first-order valence-corrected chi connectivity index (χ1v) is 4.54. The second-order valence-corrected chi connectivity index (χ2v) is 4.18. The Balaban J connectivity index is 2.38. The summed E-state index contributed by atoms with van der Waals surface area (Å²) in [6.07, 6.45) is 8.72. The summed E-state index contributed by atoms with van der Waals surface area (Å²) in [4.78, 5) is 0. The van der Waals surface area contributed by atoms with Crippen molar-refractivity contribution in [2.45, 2.75) is 50.7 Å². The molecule has 0 aromatic rings. The van der Waals surface area contributed by atoms with Crippen molar-refractivity contribution in [1.29, 1.82) is 0 Å². The number of hydrogen-bond acceptors (Lipinski definition) is 2. The molecule has 0 aromatic heterocycles. The summed E-state index contributed by atoms with van der Waals surface area (Å²) < 4.78 is 0. The molecule has 1 fully saturated rings. The topological polar surface area (TPSA) is 38.0 Å². The van der Waals surface area contributed by atoms with Crippen LogP contribution in [0.5, 0.6) is 0 Å². The Bertz CT molecular complexity index is 191. The quantitative estimate of drug-likeness (QED) is 0.597. The molecule has 0 aliphatic heterocycles. The van der Waals surface area contributed by atoms with Gasteiger partial charge in [0.25, 0.3) is 0 Å². The molecule has 0 saturated heterocycles. The second kappa shape index (κ2) is 3.47. The van der Waals surface area contributed by atoms with E-state index < -0.39 is 0 Å². The molecule has 0 bridgehead atoms. The first-order chi connectivity index (χ1) is 5.53. The molecule has 2 atom stereocenters. The van der Waals surface area contributed by atoms with Crippen LogP contribution in [0, 0.1) is 12.3 Å². The van der Waals surface area contributed by atoms with Crippen LogP contribution in [0.2, 0.25) is 0 Å². The Morgan fingerprint density at radius 1 is 1.50 bits per heavy atom. The average Bonchev–Trinajstić information content (AvgIpc) is 2.35. The van der Waals surface area contributed by atoms with Crippen LogP contribution in [0.4, 0.5) is 0 Å². The van der Waals surface area contributed by atoms with Gasteiger partial charge in [-0.25, -0.2) is 0 Å². The molecule has 1 aliphatic rings. The molecule has 12 heavy (non-hydrogen) atoms. The fraction of sp³-hybridized carbons (Fsp3) is 0.800. The molecular formula is C10H18N2. The highest BCUT2D eigenvalue weighted by molar-refractivity contribution is 5.09. The largest absolute Gasteiger partial charge is 0.328 e. The Labute approximate surface area is 74.9 Å². The lowest BCUT2D eigenvalue weighted by molar-refractivity contribution is 0.405. The van der Waals surface area contributed by atoms with Gasteiger partial charge in [-0.3, -0.25) is 5.32 Å². The summed E-state index contributed by atoms with van der Waals surface area (Å²) in [6, 6.07) is 0.891. The maximum atomic E-state index is 5.79. The molecule has 0 spiro atoms. The Morgan fingerprint density at radius 2 is 2.17 bits per heavy atom. The summed E-state index contributed by atoms with van der Waals surface area (Å²) in [7, 11) is 0. The van der Waals surface area contributed by atoms with E-state index in [0.717, 1.165) is 19.3 Å². The average molecular weight is 166 g/mol. The van der Waals surface area contributed by atoms with E-state index in [-0.39, 0.29) is 5.54 Å². The normalized spacial score (nSPS) is 30.2. The number of nitrogens with two attached hydrogens (primary N) is 1. The fourth-order valence-electron chi connectivity index (χ4n) is 1.70. The molecule has 0 aromatic carbocycles. The minimum Gasteiger partial charge on any atom is -0.328 e.